The van der Waals surface area contributed by atoms with Crippen LogP contribution in [0.3, 0.4) is 0 Å². The van der Waals surface area contributed by atoms with E-state index in [1.165, 1.54) is 0 Å². The first kappa shape index (κ1) is 8.00. The molecular weight excluding hydrogens is 170 g/mol. The van der Waals surface area contributed by atoms with Gasteiger partial charge in [-0.3, -0.25) is 0 Å². The summed E-state index contributed by atoms with van der Waals surface area (Å²) in [6.07, 6.45) is 3.32. The van der Waals surface area contributed by atoms with Crippen molar-refractivity contribution in [3.8, 4) is 5.88 Å². The molecule has 2 aromatic rings. The first-order valence-corrected chi connectivity index (χ1v) is 3.83. The average molecular weight is 179 g/mol. The molecule has 13 heavy (non-hydrogen) atoms. The highest BCUT2D eigenvalue weighted by molar-refractivity contribution is 5.46. The Morgan fingerprint density at radius 2 is 2.46 bits per heavy atom. The number of fused-ring (bicyclic) bond motifs is 1. The number of methoxy groups -OCH3 is 1. The van der Waals surface area contributed by atoms with E-state index in [-0.39, 0.29) is 6.61 Å². The third-order valence-corrected chi connectivity index (χ3v) is 1.80. The quantitative estimate of drug-likeness (QED) is 0.716. The summed E-state index contributed by atoms with van der Waals surface area (Å²) in [5, 5.41) is 13.0. The lowest BCUT2D eigenvalue weighted by Crippen LogP contribution is -1.94. The summed E-state index contributed by atoms with van der Waals surface area (Å²) in [6.45, 7) is -0.0658. The lowest BCUT2D eigenvalue weighted by molar-refractivity contribution is 0.283. The number of aliphatic hydroxyl groups is 1. The summed E-state index contributed by atoms with van der Waals surface area (Å²) in [6, 6.07) is 1.71. The summed E-state index contributed by atoms with van der Waals surface area (Å²) in [4.78, 5) is 4.14. The Bertz CT molecular complexity index is 424. The lowest BCUT2D eigenvalue weighted by Gasteiger charge is -1.98. The largest absolute Gasteiger partial charge is 0.481 e. The van der Waals surface area contributed by atoms with Gasteiger partial charge in [-0.15, -0.1) is 0 Å². The van der Waals surface area contributed by atoms with Gasteiger partial charge in [0.25, 0.3) is 0 Å². The summed E-state index contributed by atoms with van der Waals surface area (Å²) < 4.78 is 6.55. The molecule has 2 rings (SSSR count). The Hall–Kier alpha value is -1.62. The highest BCUT2D eigenvalue weighted by Crippen LogP contribution is 2.12. The molecule has 68 valence electrons. The highest BCUT2D eigenvalue weighted by Gasteiger charge is 2.04. The van der Waals surface area contributed by atoms with E-state index >= 15 is 0 Å². The van der Waals surface area contributed by atoms with E-state index in [9.17, 15) is 0 Å². The molecule has 0 saturated heterocycles. The standard InChI is InChI=1S/C8H9N3O2/c1-13-7-2-3-11-8(10-7)6(5-12)4-9-11/h2-4,12H,5H2,1H3. The number of nitrogens with zero attached hydrogens (tertiary/aromatic N) is 3. The number of aliphatic hydroxyl groups excluding tert-OH is 1. The number of rotatable bonds is 2. The fourth-order valence-corrected chi connectivity index (χ4v) is 1.12. The van der Waals surface area contributed by atoms with Crippen LogP contribution < -0.4 is 4.74 Å². The van der Waals surface area contributed by atoms with Crippen molar-refractivity contribution >= 4 is 5.65 Å². The summed E-state index contributed by atoms with van der Waals surface area (Å²) in [5.41, 5.74) is 1.32. The molecule has 5 nitrogen and oxygen atoms in total. The van der Waals surface area contributed by atoms with E-state index in [0.29, 0.717) is 17.1 Å². The van der Waals surface area contributed by atoms with E-state index in [0.717, 1.165) is 0 Å². The van der Waals surface area contributed by atoms with Gasteiger partial charge in [0.1, 0.15) is 0 Å². The molecule has 0 unspecified atom stereocenters. The van der Waals surface area contributed by atoms with Crippen molar-refractivity contribution in [1.82, 2.24) is 14.6 Å². The smallest absolute Gasteiger partial charge is 0.216 e. The Morgan fingerprint density at radius 3 is 3.15 bits per heavy atom. The number of hydrogen-bond donors (Lipinski definition) is 1. The van der Waals surface area contributed by atoms with Gasteiger partial charge in [0, 0.05) is 17.8 Å². The molecule has 0 aliphatic carbocycles. The number of ether oxygens (including phenoxy) is 1. The van der Waals surface area contributed by atoms with E-state index < -0.39 is 0 Å². The van der Waals surface area contributed by atoms with Gasteiger partial charge in [-0.2, -0.15) is 10.1 Å². The maximum absolute atomic E-state index is 8.95. The van der Waals surface area contributed by atoms with E-state index in [1.807, 2.05) is 0 Å². The van der Waals surface area contributed by atoms with Crippen molar-refractivity contribution in [3.63, 3.8) is 0 Å². The zero-order valence-electron chi connectivity index (χ0n) is 7.14. The van der Waals surface area contributed by atoms with Crippen LogP contribution in [-0.2, 0) is 6.61 Å². The molecule has 0 saturated carbocycles. The predicted octanol–water partition coefficient (Wildman–Crippen LogP) is 0.230. The average Bonchev–Trinajstić information content (AvgIpc) is 2.59. The van der Waals surface area contributed by atoms with Crippen LogP contribution in [0.15, 0.2) is 18.5 Å². The molecule has 0 atom stereocenters. The van der Waals surface area contributed by atoms with Crippen LogP contribution in [0.5, 0.6) is 5.88 Å². The molecule has 0 fully saturated rings. The van der Waals surface area contributed by atoms with Crippen molar-refractivity contribution in [3.05, 3.63) is 24.0 Å². The fraction of sp³-hybridized carbons (Fsp3) is 0.250. The van der Waals surface area contributed by atoms with Crippen LogP contribution in [0.25, 0.3) is 5.65 Å². The van der Waals surface area contributed by atoms with Crippen LogP contribution in [0, 0.1) is 0 Å². The Labute approximate surface area is 74.6 Å². The first-order valence-electron chi connectivity index (χ1n) is 3.83. The Morgan fingerprint density at radius 1 is 1.62 bits per heavy atom. The minimum atomic E-state index is -0.0658. The maximum atomic E-state index is 8.95. The van der Waals surface area contributed by atoms with Crippen LogP contribution in [0.4, 0.5) is 0 Å². The number of aromatic nitrogens is 3. The van der Waals surface area contributed by atoms with Crippen LogP contribution in [-0.4, -0.2) is 26.8 Å². The molecule has 5 heteroatoms. The molecule has 0 amide bonds. The van der Waals surface area contributed by atoms with Gasteiger partial charge in [0.05, 0.1) is 19.9 Å². The topological polar surface area (TPSA) is 59.7 Å². The summed E-state index contributed by atoms with van der Waals surface area (Å²) in [5.74, 6) is 0.516. The van der Waals surface area contributed by atoms with Crippen molar-refractivity contribution < 1.29 is 9.84 Å². The van der Waals surface area contributed by atoms with Gasteiger partial charge in [-0.25, -0.2) is 4.52 Å². The zero-order chi connectivity index (χ0) is 9.26. The zero-order valence-corrected chi connectivity index (χ0v) is 7.14. The van der Waals surface area contributed by atoms with Crippen molar-refractivity contribution in [2.45, 2.75) is 6.61 Å². The second-order valence-corrected chi connectivity index (χ2v) is 2.57. The van der Waals surface area contributed by atoms with Crippen molar-refractivity contribution in [2.75, 3.05) is 7.11 Å². The Kier molecular flexibility index (Phi) is 1.86. The minimum absolute atomic E-state index is 0.0658. The van der Waals surface area contributed by atoms with Crippen LogP contribution in [0.2, 0.25) is 0 Å². The predicted molar refractivity (Wildman–Crippen MR) is 45.5 cm³/mol. The molecule has 0 aliphatic rings. The second-order valence-electron chi connectivity index (χ2n) is 2.57. The minimum Gasteiger partial charge on any atom is -0.481 e. The fourth-order valence-electron chi connectivity index (χ4n) is 1.12. The van der Waals surface area contributed by atoms with Crippen LogP contribution in [0.1, 0.15) is 5.56 Å². The van der Waals surface area contributed by atoms with Gasteiger partial charge >= 0.3 is 0 Å². The lowest BCUT2D eigenvalue weighted by atomic mass is 10.4. The van der Waals surface area contributed by atoms with Gasteiger partial charge in [0.2, 0.25) is 5.88 Å². The van der Waals surface area contributed by atoms with Crippen molar-refractivity contribution in [2.24, 2.45) is 0 Å². The molecule has 1 N–H and O–H groups in total. The van der Waals surface area contributed by atoms with E-state index in [4.69, 9.17) is 9.84 Å². The molecule has 2 heterocycles. The van der Waals surface area contributed by atoms with Crippen LogP contribution >= 0.6 is 0 Å². The maximum Gasteiger partial charge on any atom is 0.216 e. The third kappa shape index (κ3) is 1.23. The molecular formula is C8H9N3O2. The van der Waals surface area contributed by atoms with E-state index in [2.05, 4.69) is 10.1 Å². The molecule has 0 aliphatic heterocycles. The van der Waals surface area contributed by atoms with Gasteiger partial charge in [-0.05, 0) is 0 Å². The normalized spacial score (nSPS) is 10.6. The van der Waals surface area contributed by atoms with Gasteiger partial charge in [0.15, 0.2) is 5.65 Å². The molecule has 2 aromatic heterocycles. The summed E-state index contributed by atoms with van der Waals surface area (Å²) in [7, 11) is 1.55. The highest BCUT2D eigenvalue weighted by atomic mass is 16.5. The number of hydrogen-bond acceptors (Lipinski definition) is 4. The summed E-state index contributed by atoms with van der Waals surface area (Å²) >= 11 is 0. The molecule has 0 bridgehead atoms. The molecule has 0 spiro atoms. The van der Waals surface area contributed by atoms with Crippen molar-refractivity contribution in [1.29, 1.82) is 0 Å². The van der Waals surface area contributed by atoms with Gasteiger partial charge in [-0.1, -0.05) is 0 Å². The third-order valence-electron chi connectivity index (χ3n) is 1.80. The molecule has 0 aromatic carbocycles. The Balaban J connectivity index is 2.64. The second kappa shape index (κ2) is 3.02. The monoisotopic (exact) mass is 179 g/mol. The SMILES string of the molecule is COc1ccn2ncc(CO)c2n1. The molecule has 0 radical (unpaired) electrons. The first-order chi connectivity index (χ1) is 6.35. The van der Waals surface area contributed by atoms with E-state index in [1.54, 1.807) is 30.1 Å². The van der Waals surface area contributed by atoms with Gasteiger partial charge < -0.3 is 9.84 Å².